The van der Waals surface area contributed by atoms with Crippen LogP contribution in [0.3, 0.4) is 0 Å². The molecule has 0 unspecified atom stereocenters. The lowest BCUT2D eigenvalue weighted by Gasteiger charge is -2.08. The highest BCUT2D eigenvalue weighted by Crippen LogP contribution is 2.27. The average molecular weight is 268 g/mol. The van der Waals surface area contributed by atoms with Gasteiger partial charge in [-0.05, 0) is 6.07 Å². The third-order valence-electron chi connectivity index (χ3n) is 1.69. The van der Waals surface area contributed by atoms with Crippen LogP contribution in [0, 0.1) is 0 Å². The number of aromatic hydroxyl groups is 1. The summed E-state index contributed by atoms with van der Waals surface area (Å²) in [6, 6.07) is 1.10. The average Bonchev–Trinajstić information content (AvgIpc) is 2.16. The molecule has 0 bridgehead atoms. The van der Waals surface area contributed by atoms with Crippen molar-refractivity contribution in [2.24, 2.45) is 0 Å². The molecule has 0 spiro atoms. The molecule has 1 heterocycles. The van der Waals surface area contributed by atoms with E-state index in [2.05, 4.69) is 20.9 Å². The van der Waals surface area contributed by atoms with Crippen LogP contribution in [0.25, 0.3) is 0 Å². The van der Waals surface area contributed by atoms with Gasteiger partial charge in [0.1, 0.15) is 11.4 Å². The van der Waals surface area contributed by atoms with Crippen molar-refractivity contribution in [2.75, 3.05) is 0 Å². The number of alkyl halides is 3. The van der Waals surface area contributed by atoms with Crippen LogP contribution in [-0.2, 0) is 11.9 Å². The van der Waals surface area contributed by atoms with Gasteiger partial charge in [0.2, 0.25) is 0 Å². The van der Waals surface area contributed by atoms with Gasteiger partial charge in [-0.2, -0.15) is 0 Å². The maximum atomic E-state index is 12.4. The number of pyridine rings is 1. The summed E-state index contributed by atoms with van der Waals surface area (Å²) in [5.41, 5.74) is -0.403. The first-order valence-corrected chi connectivity index (χ1v) is 4.89. The molecule has 6 heteroatoms. The summed E-state index contributed by atoms with van der Waals surface area (Å²) in [4.78, 5) is 3.55. The molecule has 2 N–H and O–H groups in total. The molecule has 0 aliphatic carbocycles. The fraction of sp³-hybridized carbons (Fsp3) is 0.375. The Kier molecular flexibility index (Phi) is 3.77. The normalized spacial score (nSPS) is 10.9. The molecule has 78 valence electrons. The minimum Gasteiger partial charge on any atom is -0.506 e. The van der Waals surface area contributed by atoms with Gasteiger partial charge in [-0.15, -0.1) is 0 Å². The SMILES string of the molecule is OCc1cc(O)c(CBr)nc1C(F)F. The Labute approximate surface area is 87.5 Å². The predicted molar refractivity (Wildman–Crippen MR) is 49.4 cm³/mol. The third kappa shape index (κ3) is 2.19. The zero-order valence-corrected chi connectivity index (χ0v) is 8.63. The quantitative estimate of drug-likeness (QED) is 0.825. The van der Waals surface area contributed by atoms with E-state index in [1.807, 2.05) is 0 Å². The van der Waals surface area contributed by atoms with E-state index in [-0.39, 0.29) is 22.3 Å². The molecule has 14 heavy (non-hydrogen) atoms. The Balaban J connectivity index is 3.25. The summed E-state index contributed by atoms with van der Waals surface area (Å²) in [6.45, 7) is -0.567. The second-order valence-corrected chi connectivity index (χ2v) is 3.15. The van der Waals surface area contributed by atoms with Crippen LogP contribution in [0.5, 0.6) is 5.75 Å². The van der Waals surface area contributed by atoms with E-state index in [0.29, 0.717) is 0 Å². The lowest BCUT2D eigenvalue weighted by Crippen LogP contribution is -2.01. The number of aromatic nitrogens is 1. The zero-order valence-electron chi connectivity index (χ0n) is 7.04. The Morgan fingerprint density at radius 2 is 2.14 bits per heavy atom. The Morgan fingerprint density at radius 3 is 2.57 bits per heavy atom. The fourth-order valence-electron chi connectivity index (χ4n) is 1.01. The van der Waals surface area contributed by atoms with E-state index >= 15 is 0 Å². The number of rotatable bonds is 3. The standard InChI is InChI=1S/C8H8BrF2NO2/c9-2-5-6(14)1-4(3-13)7(12-5)8(10)11/h1,8,13-14H,2-3H2. The van der Waals surface area contributed by atoms with E-state index in [1.165, 1.54) is 0 Å². The van der Waals surface area contributed by atoms with Crippen molar-refractivity contribution in [3.63, 3.8) is 0 Å². The Bertz CT molecular complexity index is 333. The molecule has 1 rings (SSSR count). The van der Waals surface area contributed by atoms with Crippen LogP contribution >= 0.6 is 15.9 Å². The van der Waals surface area contributed by atoms with Gasteiger partial charge in [-0.1, -0.05) is 15.9 Å². The lowest BCUT2D eigenvalue weighted by atomic mass is 10.2. The van der Waals surface area contributed by atoms with Crippen LogP contribution in [0.2, 0.25) is 0 Å². The molecule has 0 fully saturated rings. The molecule has 0 radical (unpaired) electrons. The number of nitrogens with zero attached hydrogens (tertiary/aromatic N) is 1. The van der Waals surface area contributed by atoms with Crippen LogP contribution in [0.4, 0.5) is 8.78 Å². The van der Waals surface area contributed by atoms with Crippen molar-refractivity contribution in [1.29, 1.82) is 0 Å². The molecular weight excluding hydrogens is 260 g/mol. The van der Waals surface area contributed by atoms with Gasteiger partial charge < -0.3 is 10.2 Å². The molecular formula is C8H8BrF2NO2. The first kappa shape index (κ1) is 11.3. The van der Waals surface area contributed by atoms with Crippen molar-refractivity contribution in [1.82, 2.24) is 4.98 Å². The molecule has 0 saturated carbocycles. The van der Waals surface area contributed by atoms with E-state index in [9.17, 15) is 13.9 Å². The van der Waals surface area contributed by atoms with Gasteiger partial charge >= 0.3 is 0 Å². The first-order valence-electron chi connectivity index (χ1n) is 3.76. The van der Waals surface area contributed by atoms with Crippen LogP contribution < -0.4 is 0 Å². The van der Waals surface area contributed by atoms with Crippen LogP contribution in [0.1, 0.15) is 23.4 Å². The Morgan fingerprint density at radius 1 is 1.50 bits per heavy atom. The minimum atomic E-state index is -2.75. The highest BCUT2D eigenvalue weighted by molar-refractivity contribution is 9.08. The molecule has 0 aromatic carbocycles. The van der Waals surface area contributed by atoms with Gasteiger partial charge in [0, 0.05) is 10.9 Å². The van der Waals surface area contributed by atoms with Crippen molar-refractivity contribution < 1.29 is 19.0 Å². The number of aliphatic hydroxyl groups excluding tert-OH is 1. The molecule has 0 amide bonds. The second-order valence-electron chi connectivity index (χ2n) is 2.59. The van der Waals surface area contributed by atoms with Gasteiger partial charge in [-0.3, -0.25) is 0 Å². The number of halogens is 3. The van der Waals surface area contributed by atoms with Gasteiger partial charge in [0.25, 0.3) is 6.43 Å². The highest BCUT2D eigenvalue weighted by atomic mass is 79.9. The zero-order chi connectivity index (χ0) is 10.7. The lowest BCUT2D eigenvalue weighted by molar-refractivity contribution is 0.141. The molecule has 0 aliphatic rings. The molecule has 1 aromatic heterocycles. The summed E-state index contributed by atoms with van der Waals surface area (Å²) in [5.74, 6) is -0.199. The van der Waals surface area contributed by atoms with Gasteiger partial charge in [0.15, 0.2) is 0 Å². The van der Waals surface area contributed by atoms with Gasteiger partial charge in [0.05, 0.1) is 12.3 Å². The summed E-state index contributed by atoms with van der Waals surface area (Å²) in [6.07, 6.45) is -2.75. The molecule has 0 saturated heterocycles. The van der Waals surface area contributed by atoms with E-state index in [0.717, 1.165) is 6.07 Å². The monoisotopic (exact) mass is 267 g/mol. The van der Waals surface area contributed by atoms with Crippen molar-refractivity contribution in [3.8, 4) is 5.75 Å². The van der Waals surface area contributed by atoms with Crippen molar-refractivity contribution >= 4 is 15.9 Å². The van der Waals surface area contributed by atoms with E-state index < -0.39 is 18.7 Å². The van der Waals surface area contributed by atoms with Crippen molar-refractivity contribution in [3.05, 3.63) is 23.0 Å². The largest absolute Gasteiger partial charge is 0.506 e. The number of aliphatic hydroxyl groups is 1. The van der Waals surface area contributed by atoms with E-state index in [1.54, 1.807) is 0 Å². The first-order chi connectivity index (χ1) is 6.60. The summed E-state index contributed by atoms with van der Waals surface area (Å²) in [7, 11) is 0. The summed E-state index contributed by atoms with van der Waals surface area (Å²) < 4.78 is 24.8. The fourth-order valence-corrected chi connectivity index (χ4v) is 1.42. The number of hydrogen-bond acceptors (Lipinski definition) is 3. The van der Waals surface area contributed by atoms with Crippen molar-refractivity contribution in [2.45, 2.75) is 18.4 Å². The maximum Gasteiger partial charge on any atom is 0.280 e. The Hall–Kier alpha value is -0.750. The highest BCUT2D eigenvalue weighted by Gasteiger charge is 2.17. The maximum absolute atomic E-state index is 12.4. The molecule has 0 atom stereocenters. The molecule has 0 aliphatic heterocycles. The molecule has 3 nitrogen and oxygen atoms in total. The topological polar surface area (TPSA) is 53.4 Å². The van der Waals surface area contributed by atoms with Gasteiger partial charge in [-0.25, -0.2) is 13.8 Å². The predicted octanol–water partition coefficient (Wildman–Crippen LogP) is 2.11. The van der Waals surface area contributed by atoms with Crippen LogP contribution in [0.15, 0.2) is 6.07 Å². The number of hydrogen-bond donors (Lipinski definition) is 2. The van der Waals surface area contributed by atoms with Crippen LogP contribution in [-0.4, -0.2) is 15.2 Å². The summed E-state index contributed by atoms with van der Waals surface area (Å²) >= 11 is 3.01. The third-order valence-corrected chi connectivity index (χ3v) is 2.23. The summed E-state index contributed by atoms with van der Waals surface area (Å²) in [5, 5.41) is 18.2. The minimum absolute atomic E-state index is 0.0535. The van der Waals surface area contributed by atoms with E-state index in [4.69, 9.17) is 5.11 Å². The smallest absolute Gasteiger partial charge is 0.280 e. The second kappa shape index (κ2) is 4.65. The molecule has 1 aromatic rings.